The SMILES string of the molecule is C[N+]1(C)CCc2cc3c(cc2C(=O)Cc2ccc4c(c2C1)OCO4)OCO3. The predicted molar refractivity (Wildman–Crippen MR) is 97.5 cm³/mol. The Kier molecular flexibility index (Phi) is 3.59. The molecular formula is C21H22NO5+. The number of quaternary nitrogens is 1. The van der Waals surface area contributed by atoms with Crippen LogP contribution in [0.25, 0.3) is 0 Å². The van der Waals surface area contributed by atoms with E-state index in [0.29, 0.717) is 12.2 Å². The largest absolute Gasteiger partial charge is 0.454 e. The molecule has 0 bridgehead atoms. The minimum Gasteiger partial charge on any atom is -0.454 e. The van der Waals surface area contributed by atoms with Gasteiger partial charge in [0.2, 0.25) is 13.6 Å². The van der Waals surface area contributed by atoms with E-state index in [4.69, 9.17) is 18.9 Å². The van der Waals surface area contributed by atoms with Gasteiger partial charge in [0.05, 0.1) is 26.2 Å². The molecule has 3 aliphatic heterocycles. The maximum absolute atomic E-state index is 13.2. The van der Waals surface area contributed by atoms with Gasteiger partial charge in [-0.2, -0.15) is 0 Å². The Morgan fingerprint density at radius 2 is 1.63 bits per heavy atom. The van der Waals surface area contributed by atoms with E-state index in [0.717, 1.165) is 63.5 Å². The van der Waals surface area contributed by atoms with Gasteiger partial charge in [0.1, 0.15) is 6.54 Å². The van der Waals surface area contributed by atoms with Crippen molar-refractivity contribution < 1.29 is 28.2 Å². The summed E-state index contributed by atoms with van der Waals surface area (Å²) >= 11 is 0. The van der Waals surface area contributed by atoms with Crippen LogP contribution in [0.15, 0.2) is 24.3 Å². The van der Waals surface area contributed by atoms with Gasteiger partial charge in [-0.15, -0.1) is 0 Å². The van der Waals surface area contributed by atoms with Gasteiger partial charge in [-0.05, 0) is 29.3 Å². The number of carbonyl (C=O) groups excluding carboxylic acids is 1. The average molecular weight is 368 g/mol. The number of benzene rings is 2. The number of ketones is 1. The van der Waals surface area contributed by atoms with Crippen molar-refractivity contribution in [3.63, 3.8) is 0 Å². The number of nitrogens with zero attached hydrogens (tertiary/aromatic N) is 1. The van der Waals surface area contributed by atoms with E-state index in [9.17, 15) is 4.79 Å². The average Bonchev–Trinajstić information content (AvgIpc) is 3.28. The van der Waals surface area contributed by atoms with Crippen LogP contribution >= 0.6 is 0 Å². The van der Waals surface area contributed by atoms with Gasteiger partial charge in [0, 0.05) is 18.4 Å². The van der Waals surface area contributed by atoms with Crippen LogP contribution in [0.3, 0.4) is 0 Å². The van der Waals surface area contributed by atoms with Gasteiger partial charge in [-0.3, -0.25) is 4.79 Å². The molecule has 3 heterocycles. The third-order valence-electron chi connectivity index (χ3n) is 5.56. The lowest BCUT2D eigenvalue weighted by Gasteiger charge is -2.32. The number of ether oxygens (including phenoxy) is 4. The van der Waals surface area contributed by atoms with E-state index < -0.39 is 0 Å². The highest BCUT2D eigenvalue weighted by Crippen LogP contribution is 2.41. The first kappa shape index (κ1) is 16.4. The molecule has 27 heavy (non-hydrogen) atoms. The van der Waals surface area contributed by atoms with Crippen molar-refractivity contribution in [1.82, 2.24) is 0 Å². The minimum absolute atomic E-state index is 0.0932. The fourth-order valence-corrected chi connectivity index (χ4v) is 4.06. The van der Waals surface area contributed by atoms with E-state index in [1.54, 1.807) is 0 Å². The normalized spacial score (nSPS) is 19.4. The van der Waals surface area contributed by atoms with Crippen LogP contribution in [-0.4, -0.2) is 44.5 Å². The lowest BCUT2D eigenvalue weighted by Crippen LogP contribution is -2.41. The molecule has 3 aliphatic rings. The number of rotatable bonds is 0. The van der Waals surface area contributed by atoms with Gasteiger partial charge in [-0.1, -0.05) is 6.07 Å². The summed E-state index contributed by atoms with van der Waals surface area (Å²) in [5, 5.41) is 0. The maximum Gasteiger partial charge on any atom is 0.231 e. The second kappa shape index (κ2) is 5.89. The summed E-state index contributed by atoms with van der Waals surface area (Å²) in [6.07, 6.45) is 1.13. The molecule has 5 rings (SSSR count). The molecule has 0 spiro atoms. The topological polar surface area (TPSA) is 54.0 Å². The van der Waals surface area contributed by atoms with Crippen molar-refractivity contribution in [3.05, 3.63) is 46.5 Å². The molecule has 0 N–H and O–H groups in total. The summed E-state index contributed by atoms with van der Waals surface area (Å²) in [6.45, 7) is 2.12. The summed E-state index contributed by atoms with van der Waals surface area (Å²) in [7, 11) is 4.41. The van der Waals surface area contributed by atoms with Crippen LogP contribution in [0, 0.1) is 0 Å². The highest BCUT2D eigenvalue weighted by Gasteiger charge is 2.30. The number of fused-ring (bicyclic) bond motifs is 5. The smallest absolute Gasteiger partial charge is 0.231 e. The Hall–Kier alpha value is -2.73. The van der Waals surface area contributed by atoms with E-state index >= 15 is 0 Å². The Balaban J connectivity index is 1.63. The third kappa shape index (κ3) is 2.80. The molecule has 2 aromatic carbocycles. The van der Waals surface area contributed by atoms with E-state index in [1.165, 1.54) is 0 Å². The second-order valence-corrected chi connectivity index (χ2v) is 7.97. The van der Waals surface area contributed by atoms with Crippen molar-refractivity contribution in [2.24, 2.45) is 0 Å². The first-order chi connectivity index (χ1) is 13.0. The zero-order valence-electron chi connectivity index (χ0n) is 15.5. The molecular weight excluding hydrogens is 346 g/mol. The molecule has 0 fully saturated rings. The molecule has 2 aromatic rings. The minimum atomic E-state index is 0.0932. The fraction of sp³-hybridized carbons (Fsp3) is 0.381. The molecule has 0 aromatic heterocycles. The Labute approximate surface area is 157 Å². The van der Waals surface area contributed by atoms with Crippen LogP contribution in [0.5, 0.6) is 23.0 Å². The molecule has 6 heteroatoms. The molecule has 140 valence electrons. The molecule has 0 unspecified atom stereocenters. The lowest BCUT2D eigenvalue weighted by atomic mass is 9.92. The molecule has 0 saturated heterocycles. The zero-order valence-corrected chi connectivity index (χ0v) is 15.5. The van der Waals surface area contributed by atoms with Crippen molar-refractivity contribution in [2.45, 2.75) is 19.4 Å². The van der Waals surface area contributed by atoms with Gasteiger partial charge in [0.25, 0.3) is 0 Å². The number of hydrogen-bond donors (Lipinski definition) is 0. The van der Waals surface area contributed by atoms with Crippen LogP contribution in [0.4, 0.5) is 0 Å². The molecule has 0 amide bonds. The van der Waals surface area contributed by atoms with E-state index in [-0.39, 0.29) is 19.4 Å². The van der Waals surface area contributed by atoms with Crippen molar-refractivity contribution in [1.29, 1.82) is 0 Å². The summed E-state index contributed by atoms with van der Waals surface area (Å²) in [5.74, 6) is 3.03. The molecule has 0 atom stereocenters. The second-order valence-electron chi connectivity index (χ2n) is 7.97. The Bertz CT molecular complexity index is 950. The number of hydrogen-bond acceptors (Lipinski definition) is 5. The lowest BCUT2D eigenvalue weighted by molar-refractivity contribution is -0.903. The standard InChI is InChI=1S/C21H22NO5/c1-22(2)6-5-14-8-19-20(26-11-25-19)9-15(14)17(23)7-13-3-4-18-21(16(13)10-22)27-12-24-18/h3-4,8-9H,5-7,10-12H2,1-2H3/q+1. The summed E-state index contributed by atoms with van der Waals surface area (Å²) < 4.78 is 23.1. The molecule has 0 radical (unpaired) electrons. The van der Waals surface area contributed by atoms with Crippen molar-refractivity contribution in [3.8, 4) is 23.0 Å². The summed E-state index contributed by atoms with van der Waals surface area (Å²) in [5.41, 5.74) is 3.83. The van der Waals surface area contributed by atoms with Crippen LogP contribution in [0.1, 0.15) is 27.0 Å². The number of carbonyl (C=O) groups is 1. The third-order valence-corrected chi connectivity index (χ3v) is 5.56. The van der Waals surface area contributed by atoms with Crippen molar-refractivity contribution in [2.75, 3.05) is 34.2 Å². The zero-order chi connectivity index (χ0) is 18.6. The Morgan fingerprint density at radius 3 is 2.48 bits per heavy atom. The van der Waals surface area contributed by atoms with Crippen molar-refractivity contribution >= 4 is 5.78 Å². The quantitative estimate of drug-likeness (QED) is 0.670. The first-order valence-corrected chi connectivity index (χ1v) is 9.18. The highest BCUT2D eigenvalue weighted by molar-refractivity contribution is 6.00. The predicted octanol–water partition coefficient (Wildman–Crippen LogP) is 2.70. The van der Waals surface area contributed by atoms with Gasteiger partial charge in [-0.25, -0.2) is 0 Å². The van der Waals surface area contributed by atoms with E-state index in [2.05, 4.69) is 14.1 Å². The molecule has 6 nitrogen and oxygen atoms in total. The van der Waals surface area contributed by atoms with Crippen LogP contribution in [-0.2, 0) is 19.4 Å². The van der Waals surface area contributed by atoms with Gasteiger partial charge >= 0.3 is 0 Å². The molecule has 0 saturated carbocycles. The fourth-order valence-electron chi connectivity index (χ4n) is 4.06. The first-order valence-electron chi connectivity index (χ1n) is 9.18. The number of likely N-dealkylation sites (N-methyl/N-ethyl adjacent to an activating group) is 1. The molecule has 0 aliphatic carbocycles. The van der Waals surface area contributed by atoms with Crippen LogP contribution in [0.2, 0.25) is 0 Å². The summed E-state index contributed by atoms with van der Waals surface area (Å²) in [4.78, 5) is 13.2. The van der Waals surface area contributed by atoms with Gasteiger partial charge < -0.3 is 23.4 Å². The van der Waals surface area contributed by atoms with Crippen LogP contribution < -0.4 is 18.9 Å². The highest BCUT2D eigenvalue weighted by atomic mass is 16.7. The van der Waals surface area contributed by atoms with E-state index in [1.807, 2.05) is 24.3 Å². The Morgan fingerprint density at radius 1 is 0.889 bits per heavy atom. The maximum atomic E-state index is 13.2. The summed E-state index contributed by atoms with van der Waals surface area (Å²) in [6, 6.07) is 7.71. The van der Waals surface area contributed by atoms with Gasteiger partial charge in [0.15, 0.2) is 28.8 Å². The number of Topliss-reactive ketones (excluding diaryl/α,β-unsaturated/α-hetero) is 1. The monoisotopic (exact) mass is 368 g/mol.